The predicted molar refractivity (Wildman–Crippen MR) is 70.7 cm³/mol. The molecule has 1 unspecified atom stereocenters. The van der Waals surface area contributed by atoms with Crippen LogP contribution < -0.4 is 5.73 Å². The van der Waals surface area contributed by atoms with Crippen molar-refractivity contribution in [3.05, 3.63) is 0 Å². The first kappa shape index (κ1) is 13.9. The summed E-state index contributed by atoms with van der Waals surface area (Å²) in [6, 6.07) is 0.776. The Morgan fingerprint density at radius 1 is 1.19 bits per heavy atom. The molecule has 0 aliphatic carbocycles. The Labute approximate surface area is 101 Å². The average Bonchev–Trinajstić information content (AvgIpc) is 2.29. The Morgan fingerprint density at radius 2 is 1.94 bits per heavy atom. The zero-order chi connectivity index (χ0) is 11.8. The summed E-state index contributed by atoms with van der Waals surface area (Å²) in [4.78, 5) is 5.01. The highest BCUT2D eigenvalue weighted by Gasteiger charge is 2.20. The van der Waals surface area contributed by atoms with Gasteiger partial charge in [-0.15, -0.1) is 0 Å². The van der Waals surface area contributed by atoms with Gasteiger partial charge in [0, 0.05) is 12.6 Å². The molecule has 0 aromatic heterocycles. The molecule has 96 valence electrons. The van der Waals surface area contributed by atoms with E-state index in [1.54, 1.807) is 0 Å². The van der Waals surface area contributed by atoms with Crippen molar-refractivity contribution in [2.45, 2.75) is 44.6 Å². The van der Waals surface area contributed by atoms with Crippen LogP contribution in [-0.2, 0) is 0 Å². The van der Waals surface area contributed by atoms with Crippen LogP contribution in [0.3, 0.4) is 0 Å². The molecule has 0 spiro atoms. The lowest BCUT2D eigenvalue weighted by atomic mass is 10.0. The molecule has 1 atom stereocenters. The first-order valence-corrected chi connectivity index (χ1v) is 6.83. The van der Waals surface area contributed by atoms with E-state index in [4.69, 9.17) is 5.73 Å². The van der Waals surface area contributed by atoms with Gasteiger partial charge in [0.05, 0.1) is 0 Å². The van der Waals surface area contributed by atoms with E-state index in [1.807, 2.05) is 0 Å². The van der Waals surface area contributed by atoms with Crippen LogP contribution >= 0.6 is 0 Å². The lowest BCUT2D eigenvalue weighted by Gasteiger charge is -2.36. The number of likely N-dealkylation sites (N-methyl/N-ethyl adjacent to an activating group) is 1. The van der Waals surface area contributed by atoms with E-state index in [9.17, 15) is 0 Å². The number of nitrogens with two attached hydrogens (primary N) is 1. The number of nitrogens with zero attached hydrogens (tertiary/aromatic N) is 2. The molecule has 1 aliphatic rings. The molecule has 0 radical (unpaired) electrons. The van der Waals surface area contributed by atoms with Crippen LogP contribution in [0.2, 0.25) is 0 Å². The van der Waals surface area contributed by atoms with Crippen molar-refractivity contribution < 1.29 is 0 Å². The van der Waals surface area contributed by atoms with Crippen molar-refractivity contribution >= 4 is 0 Å². The van der Waals surface area contributed by atoms with Gasteiger partial charge < -0.3 is 15.5 Å². The van der Waals surface area contributed by atoms with Crippen molar-refractivity contribution in [3.8, 4) is 0 Å². The molecule has 1 heterocycles. The van der Waals surface area contributed by atoms with E-state index >= 15 is 0 Å². The fraction of sp³-hybridized carbons (Fsp3) is 1.00. The SMILES string of the molecule is CN(C)C1CCCN(CCCCCCN)C1. The predicted octanol–water partition coefficient (Wildman–Crippen LogP) is 1.53. The summed E-state index contributed by atoms with van der Waals surface area (Å²) in [5.41, 5.74) is 5.49. The number of piperidine rings is 1. The Balaban J connectivity index is 2.07. The van der Waals surface area contributed by atoms with Crippen molar-refractivity contribution in [2.75, 3.05) is 40.3 Å². The van der Waals surface area contributed by atoms with Crippen LogP contribution in [0.1, 0.15) is 38.5 Å². The van der Waals surface area contributed by atoms with Gasteiger partial charge in [0.2, 0.25) is 0 Å². The number of rotatable bonds is 7. The van der Waals surface area contributed by atoms with Gasteiger partial charge in [-0.05, 0) is 59.4 Å². The maximum atomic E-state index is 5.49. The van der Waals surface area contributed by atoms with Crippen LogP contribution in [0.15, 0.2) is 0 Å². The lowest BCUT2D eigenvalue weighted by Crippen LogP contribution is -2.45. The summed E-state index contributed by atoms with van der Waals surface area (Å²) in [6.07, 6.45) is 7.94. The van der Waals surface area contributed by atoms with Crippen molar-refractivity contribution in [1.82, 2.24) is 9.80 Å². The summed E-state index contributed by atoms with van der Waals surface area (Å²) >= 11 is 0. The second-order valence-electron chi connectivity index (χ2n) is 5.26. The van der Waals surface area contributed by atoms with Gasteiger partial charge in [-0.3, -0.25) is 0 Å². The highest BCUT2D eigenvalue weighted by atomic mass is 15.2. The molecule has 0 saturated carbocycles. The van der Waals surface area contributed by atoms with Crippen molar-refractivity contribution in [1.29, 1.82) is 0 Å². The summed E-state index contributed by atoms with van der Waals surface area (Å²) in [5.74, 6) is 0. The summed E-state index contributed by atoms with van der Waals surface area (Å²) < 4.78 is 0. The molecule has 0 amide bonds. The van der Waals surface area contributed by atoms with Crippen LogP contribution in [0.4, 0.5) is 0 Å². The standard InChI is InChI=1S/C13H29N3/c1-15(2)13-8-7-11-16(12-13)10-6-4-3-5-9-14/h13H,3-12,14H2,1-2H3. The second kappa shape index (κ2) is 8.04. The molecular formula is C13H29N3. The minimum absolute atomic E-state index is 0.776. The van der Waals surface area contributed by atoms with Crippen LogP contribution in [0, 0.1) is 0 Å². The van der Waals surface area contributed by atoms with E-state index < -0.39 is 0 Å². The quantitative estimate of drug-likeness (QED) is 0.670. The molecule has 2 N–H and O–H groups in total. The van der Waals surface area contributed by atoms with Gasteiger partial charge in [0.15, 0.2) is 0 Å². The molecule has 1 fully saturated rings. The molecule has 0 aromatic rings. The first-order valence-electron chi connectivity index (χ1n) is 6.83. The number of hydrogen-bond acceptors (Lipinski definition) is 3. The highest BCUT2D eigenvalue weighted by molar-refractivity contribution is 4.77. The van der Waals surface area contributed by atoms with Crippen molar-refractivity contribution in [2.24, 2.45) is 5.73 Å². The third-order valence-corrected chi connectivity index (χ3v) is 3.64. The largest absolute Gasteiger partial charge is 0.330 e. The topological polar surface area (TPSA) is 32.5 Å². The van der Waals surface area contributed by atoms with Crippen molar-refractivity contribution in [3.63, 3.8) is 0 Å². The smallest absolute Gasteiger partial charge is 0.0217 e. The monoisotopic (exact) mass is 227 g/mol. The van der Waals surface area contributed by atoms with Crippen LogP contribution in [-0.4, -0.2) is 56.1 Å². The number of likely N-dealkylation sites (tertiary alicyclic amines) is 1. The summed E-state index contributed by atoms with van der Waals surface area (Å²) in [7, 11) is 4.41. The third-order valence-electron chi connectivity index (χ3n) is 3.64. The van der Waals surface area contributed by atoms with E-state index in [1.165, 1.54) is 58.2 Å². The van der Waals surface area contributed by atoms with E-state index in [2.05, 4.69) is 23.9 Å². The van der Waals surface area contributed by atoms with Crippen LogP contribution in [0.25, 0.3) is 0 Å². The molecule has 1 rings (SSSR count). The number of hydrogen-bond donors (Lipinski definition) is 1. The Bertz CT molecular complexity index is 171. The van der Waals surface area contributed by atoms with Gasteiger partial charge >= 0.3 is 0 Å². The molecular weight excluding hydrogens is 198 g/mol. The first-order chi connectivity index (χ1) is 7.74. The molecule has 0 aromatic carbocycles. The highest BCUT2D eigenvalue weighted by Crippen LogP contribution is 2.14. The molecule has 1 aliphatic heterocycles. The van der Waals surface area contributed by atoms with Gasteiger partial charge in [0.25, 0.3) is 0 Å². The Morgan fingerprint density at radius 3 is 2.62 bits per heavy atom. The zero-order valence-electron chi connectivity index (χ0n) is 11.1. The Hall–Kier alpha value is -0.120. The fourth-order valence-corrected chi connectivity index (χ4v) is 2.49. The molecule has 3 heteroatoms. The minimum Gasteiger partial charge on any atom is -0.330 e. The molecule has 16 heavy (non-hydrogen) atoms. The minimum atomic E-state index is 0.776. The fourth-order valence-electron chi connectivity index (χ4n) is 2.49. The van der Waals surface area contributed by atoms with E-state index in [0.29, 0.717) is 0 Å². The van der Waals surface area contributed by atoms with Gasteiger partial charge in [0.1, 0.15) is 0 Å². The van der Waals surface area contributed by atoms with E-state index in [0.717, 1.165) is 12.6 Å². The maximum absolute atomic E-state index is 5.49. The summed E-state index contributed by atoms with van der Waals surface area (Å²) in [5, 5.41) is 0. The maximum Gasteiger partial charge on any atom is 0.0217 e. The van der Waals surface area contributed by atoms with Gasteiger partial charge in [-0.1, -0.05) is 12.8 Å². The molecule has 3 nitrogen and oxygen atoms in total. The zero-order valence-corrected chi connectivity index (χ0v) is 11.1. The lowest BCUT2D eigenvalue weighted by molar-refractivity contribution is 0.131. The van der Waals surface area contributed by atoms with Gasteiger partial charge in [-0.25, -0.2) is 0 Å². The van der Waals surface area contributed by atoms with E-state index in [-0.39, 0.29) is 0 Å². The number of unbranched alkanes of at least 4 members (excludes halogenated alkanes) is 3. The Kier molecular flexibility index (Phi) is 7.01. The molecule has 0 bridgehead atoms. The van der Waals surface area contributed by atoms with Gasteiger partial charge in [-0.2, -0.15) is 0 Å². The van der Waals surface area contributed by atoms with Crippen LogP contribution in [0.5, 0.6) is 0 Å². The second-order valence-corrected chi connectivity index (χ2v) is 5.26. The normalized spacial score (nSPS) is 22.9. The summed E-state index contributed by atoms with van der Waals surface area (Å²) in [6.45, 7) is 4.71. The molecule has 1 saturated heterocycles. The average molecular weight is 227 g/mol. The third kappa shape index (κ3) is 5.28.